The number of nitrogens with zero attached hydrogens (tertiary/aromatic N) is 3. The molecule has 46 heavy (non-hydrogen) atoms. The molecule has 2 aromatic carbocycles. The van der Waals surface area contributed by atoms with Crippen LogP contribution in [0.15, 0.2) is 53.7 Å². The molecular weight excluding hydrogens is 602 g/mol. The SMILES string of the molecule is CCCOC(=O)[C@H]1[C@H](C(=O)OCC[Si](C)(C)CC)C2C/C(=N\OCC(=O)N3CCN(c4ccccc4)CC3)[C@H]1c1cc(O)ccc12. The maximum atomic E-state index is 13.7. The number of para-hydroxylation sites is 1. The zero-order valence-corrected chi connectivity index (χ0v) is 28.4. The monoisotopic (exact) mass is 649 g/mol. The molecular formula is C35H47N3O7Si. The molecule has 11 heteroatoms. The van der Waals surface area contributed by atoms with Crippen LogP contribution in [0.5, 0.6) is 5.75 Å². The third-order valence-corrected chi connectivity index (χ3v) is 13.3. The minimum atomic E-state index is -1.46. The van der Waals surface area contributed by atoms with Crippen molar-refractivity contribution in [1.29, 1.82) is 0 Å². The van der Waals surface area contributed by atoms with Crippen LogP contribution in [-0.2, 0) is 28.7 Å². The lowest BCUT2D eigenvalue weighted by molar-refractivity contribution is -0.163. The third-order valence-electron chi connectivity index (χ3n) is 9.87. The van der Waals surface area contributed by atoms with Crippen LogP contribution in [-0.4, -0.2) is 87.6 Å². The fourth-order valence-electron chi connectivity index (χ4n) is 6.79. The number of amides is 1. The molecule has 1 amide bonds. The molecule has 1 aliphatic heterocycles. The van der Waals surface area contributed by atoms with E-state index < -0.39 is 43.7 Å². The number of phenolic OH excluding ortho intramolecular Hbond substituents is 1. The summed E-state index contributed by atoms with van der Waals surface area (Å²) in [6, 6.07) is 17.1. The number of oxime groups is 1. The lowest BCUT2D eigenvalue weighted by Gasteiger charge is -2.47. The van der Waals surface area contributed by atoms with E-state index in [2.05, 4.69) is 42.2 Å². The van der Waals surface area contributed by atoms with Gasteiger partial charge in [-0.15, -0.1) is 0 Å². The van der Waals surface area contributed by atoms with E-state index in [0.29, 0.717) is 38.2 Å². The zero-order valence-electron chi connectivity index (χ0n) is 27.4. The van der Waals surface area contributed by atoms with Crippen LogP contribution in [0.1, 0.15) is 49.7 Å². The summed E-state index contributed by atoms with van der Waals surface area (Å²) in [7, 11) is -1.46. The van der Waals surface area contributed by atoms with Crippen LogP contribution >= 0.6 is 0 Å². The van der Waals surface area contributed by atoms with Gasteiger partial charge in [-0.25, -0.2) is 0 Å². The van der Waals surface area contributed by atoms with E-state index in [-0.39, 0.29) is 24.9 Å². The molecule has 248 valence electrons. The van der Waals surface area contributed by atoms with Crippen molar-refractivity contribution >= 4 is 37.3 Å². The second-order valence-electron chi connectivity index (χ2n) is 13.3. The molecule has 0 aromatic heterocycles. The van der Waals surface area contributed by atoms with Gasteiger partial charge in [-0.3, -0.25) is 14.4 Å². The molecule has 6 rings (SSSR count). The highest BCUT2D eigenvalue weighted by Gasteiger charge is 2.57. The number of carbonyl (C=O) groups excluding carboxylic acids is 3. The van der Waals surface area contributed by atoms with Crippen LogP contribution in [0.3, 0.4) is 0 Å². The predicted octanol–water partition coefficient (Wildman–Crippen LogP) is 5.16. The molecule has 2 fully saturated rings. The van der Waals surface area contributed by atoms with E-state index in [1.807, 2.05) is 31.2 Å². The average molecular weight is 650 g/mol. The maximum Gasteiger partial charge on any atom is 0.310 e. The number of phenols is 1. The van der Waals surface area contributed by atoms with Crippen LogP contribution in [0.4, 0.5) is 5.69 Å². The van der Waals surface area contributed by atoms with Gasteiger partial charge in [-0.1, -0.05) is 62.4 Å². The Morgan fingerprint density at radius 2 is 1.61 bits per heavy atom. The molecule has 1 unspecified atom stereocenters. The zero-order chi connectivity index (χ0) is 32.8. The fourth-order valence-corrected chi connectivity index (χ4v) is 7.80. The van der Waals surface area contributed by atoms with Gasteiger partial charge in [0.05, 0.1) is 38.8 Å². The van der Waals surface area contributed by atoms with Gasteiger partial charge in [0.2, 0.25) is 0 Å². The maximum absolute atomic E-state index is 13.7. The van der Waals surface area contributed by atoms with Gasteiger partial charge in [0.15, 0.2) is 6.61 Å². The Kier molecular flexibility index (Phi) is 10.7. The Hall–Kier alpha value is -3.86. The fraction of sp³-hybridized carbons (Fsp3) is 0.543. The van der Waals surface area contributed by atoms with E-state index in [1.54, 1.807) is 17.0 Å². The number of benzene rings is 2. The number of anilines is 1. The number of hydrogen-bond donors (Lipinski definition) is 1. The summed E-state index contributed by atoms with van der Waals surface area (Å²) in [4.78, 5) is 50.2. The lowest BCUT2D eigenvalue weighted by atomic mass is 9.55. The summed E-state index contributed by atoms with van der Waals surface area (Å²) in [5, 5.41) is 14.8. The van der Waals surface area contributed by atoms with Crippen molar-refractivity contribution in [3.63, 3.8) is 0 Å². The van der Waals surface area contributed by atoms with E-state index in [0.717, 1.165) is 42.0 Å². The molecule has 0 radical (unpaired) electrons. The first-order valence-electron chi connectivity index (χ1n) is 16.6. The van der Waals surface area contributed by atoms with Crippen molar-refractivity contribution in [3.8, 4) is 5.75 Å². The van der Waals surface area contributed by atoms with Gasteiger partial charge < -0.3 is 29.2 Å². The number of esters is 2. The minimum absolute atomic E-state index is 0.0583. The van der Waals surface area contributed by atoms with Crippen molar-refractivity contribution in [3.05, 3.63) is 59.7 Å². The van der Waals surface area contributed by atoms with Gasteiger partial charge in [0, 0.05) is 43.7 Å². The predicted molar refractivity (Wildman–Crippen MR) is 179 cm³/mol. The summed E-state index contributed by atoms with van der Waals surface area (Å²) in [6.07, 6.45) is 1.01. The largest absolute Gasteiger partial charge is 0.508 e. The highest BCUT2D eigenvalue weighted by Crippen LogP contribution is 2.56. The van der Waals surface area contributed by atoms with Crippen molar-refractivity contribution in [2.24, 2.45) is 17.0 Å². The summed E-state index contributed by atoms with van der Waals surface area (Å²) in [5.74, 6) is -3.69. The molecule has 4 atom stereocenters. The first kappa shape index (κ1) is 33.5. The van der Waals surface area contributed by atoms with Gasteiger partial charge in [0.1, 0.15) is 5.75 Å². The van der Waals surface area contributed by atoms with Crippen LogP contribution < -0.4 is 4.90 Å². The summed E-state index contributed by atoms with van der Waals surface area (Å²) in [5.41, 5.74) is 3.31. The third kappa shape index (κ3) is 7.40. The highest BCUT2D eigenvalue weighted by molar-refractivity contribution is 6.77. The first-order valence-corrected chi connectivity index (χ1v) is 20.0. The van der Waals surface area contributed by atoms with Gasteiger partial charge in [-0.2, -0.15) is 0 Å². The first-order chi connectivity index (χ1) is 22.1. The number of fused-ring (bicyclic) bond motifs is 2. The molecule has 2 aromatic rings. The molecule has 2 bridgehead atoms. The summed E-state index contributed by atoms with van der Waals surface area (Å²) < 4.78 is 11.5. The lowest BCUT2D eigenvalue weighted by Crippen LogP contribution is -2.51. The number of rotatable bonds is 12. The van der Waals surface area contributed by atoms with E-state index in [9.17, 15) is 19.5 Å². The average Bonchev–Trinajstić information content (AvgIpc) is 3.07. The number of aromatic hydroxyl groups is 1. The van der Waals surface area contributed by atoms with Crippen LogP contribution in [0.2, 0.25) is 25.2 Å². The normalized spacial score (nSPS) is 23.2. The van der Waals surface area contributed by atoms with Gasteiger partial charge in [0.25, 0.3) is 5.91 Å². The highest BCUT2D eigenvalue weighted by atomic mass is 28.3. The molecule has 1 N–H and O–H groups in total. The number of piperazine rings is 1. The number of hydrogen-bond acceptors (Lipinski definition) is 9. The molecule has 10 nitrogen and oxygen atoms in total. The van der Waals surface area contributed by atoms with E-state index >= 15 is 0 Å². The van der Waals surface area contributed by atoms with Crippen LogP contribution in [0, 0.1) is 11.8 Å². The Morgan fingerprint density at radius 3 is 2.30 bits per heavy atom. The topological polar surface area (TPSA) is 118 Å². The summed E-state index contributed by atoms with van der Waals surface area (Å²) >= 11 is 0. The molecule has 1 saturated carbocycles. The Bertz CT molecular complexity index is 1420. The van der Waals surface area contributed by atoms with Gasteiger partial charge in [-0.05, 0) is 54.3 Å². The van der Waals surface area contributed by atoms with Gasteiger partial charge >= 0.3 is 11.9 Å². The van der Waals surface area contributed by atoms with Crippen molar-refractivity contribution < 1.29 is 33.8 Å². The van der Waals surface area contributed by atoms with Crippen molar-refractivity contribution in [2.75, 3.05) is 50.9 Å². The second kappa shape index (κ2) is 14.7. The Balaban J connectivity index is 1.32. The number of ether oxygens (including phenoxy) is 2. The van der Waals surface area contributed by atoms with Crippen molar-refractivity contribution in [1.82, 2.24) is 4.90 Å². The van der Waals surface area contributed by atoms with Crippen molar-refractivity contribution in [2.45, 2.75) is 63.7 Å². The van der Waals surface area contributed by atoms with E-state index in [1.165, 1.54) is 0 Å². The summed E-state index contributed by atoms with van der Waals surface area (Å²) in [6.45, 7) is 11.6. The molecule has 3 aliphatic carbocycles. The molecule has 1 heterocycles. The Morgan fingerprint density at radius 1 is 0.913 bits per heavy atom. The van der Waals surface area contributed by atoms with E-state index in [4.69, 9.17) is 14.3 Å². The molecule has 0 spiro atoms. The number of carbonyl (C=O) groups is 3. The second-order valence-corrected chi connectivity index (χ2v) is 18.9. The smallest absolute Gasteiger partial charge is 0.310 e. The standard InChI is InChI=1S/C35H47N3O7Si/c1-5-18-43-35(42)33-31-27-21-25(39)12-13-26(27)28(32(33)34(41)44-19-20-46(3,4)6-2)22-29(31)36-45-23-30(40)38-16-14-37(15-17-38)24-10-8-7-9-11-24/h7-13,21,28,31-33,39H,5-6,14-20,22-23H2,1-4H3/b36-29+/t28?,31-,32-,33-/m1/s1. The van der Waals surface area contributed by atoms with Crippen LogP contribution in [0.25, 0.3) is 0 Å². The molecule has 4 aliphatic rings. The Labute approximate surface area is 272 Å². The minimum Gasteiger partial charge on any atom is -0.508 e. The molecule has 1 saturated heterocycles. The quantitative estimate of drug-likeness (QED) is 0.191.